The Labute approximate surface area is 124 Å². The molecule has 1 N–H and O–H groups in total. The van der Waals surface area contributed by atoms with Gasteiger partial charge in [0, 0.05) is 24.4 Å². The van der Waals surface area contributed by atoms with Crippen LogP contribution in [0.3, 0.4) is 0 Å². The summed E-state index contributed by atoms with van der Waals surface area (Å²) in [5.41, 5.74) is 2.57. The van der Waals surface area contributed by atoms with E-state index in [1.54, 1.807) is 0 Å². The van der Waals surface area contributed by atoms with Crippen LogP contribution >= 0.6 is 0 Å². The largest absolute Gasteiger partial charge is 0.314 e. The lowest BCUT2D eigenvalue weighted by atomic mass is 9.84. The van der Waals surface area contributed by atoms with Gasteiger partial charge < -0.3 is 5.32 Å². The molecule has 2 rings (SSSR count). The van der Waals surface area contributed by atoms with Crippen molar-refractivity contribution in [3.63, 3.8) is 0 Å². The van der Waals surface area contributed by atoms with Gasteiger partial charge in [-0.25, -0.2) is 0 Å². The molecule has 0 saturated heterocycles. The smallest absolute Gasteiger partial charge is 0.0419 e. The van der Waals surface area contributed by atoms with Gasteiger partial charge in [0.1, 0.15) is 0 Å². The number of nitrogens with zero attached hydrogens (tertiary/aromatic N) is 1. The number of nitrogens with one attached hydrogen (secondary N) is 1. The van der Waals surface area contributed by atoms with Crippen molar-refractivity contribution in [1.29, 1.82) is 0 Å². The van der Waals surface area contributed by atoms with E-state index in [0.717, 1.165) is 25.3 Å². The van der Waals surface area contributed by atoms with Crippen molar-refractivity contribution in [1.82, 2.24) is 10.3 Å². The molecule has 0 radical (unpaired) electrons. The minimum atomic E-state index is 0.600. The van der Waals surface area contributed by atoms with Crippen LogP contribution in [0.5, 0.6) is 0 Å². The fraction of sp³-hybridized carbons (Fsp3) is 0.722. The van der Waals surface area contributed by atoms with Gasteiger partial charge in [0.15, 0.2) is 0 Å². The molecule has 20 heavy (non-hydrogen) atoms. The maximum atomic E-state index is 4.62. The molecule has 2 nitrogen and oxygen atoms in total. The van der Waals surface area contributed by atoms with Gasteiger partial charge in [0.05, 0.1) is 0 Å². The van der Waals surface area contributed by atoms with E-state index >= 15 is 0 Å². The number of hydrogen-bond acceptors (Lipinski definition) is 2. The molecule has 1 aromatic rings. The van der Waals surface area contributed by atoms with Gasteiger partial charge in [-0.3, -0.25) is 4.98 Å². The van der Waals surface area contributed by atoms with Crippen molar-refractivity contribution in [3.8, 4) is 0 Å². The summed E-state index contributed by atoms with van der Waals surface area (Å²) >= 11 is 0. The summed E-state index contributed by atoms with van der Waals surface area (Å²) in [6.45, 7) is 5.45. The van der Waals surface area contributed by atoms with E-state index in [9.17, 15) is 0 Å². The average molecular weight is 274 g/mol. The molecule has 2 heteroatoms. The summed E-state index contributed by atoms with van der Waals surface area (Å²) in [5, 5.41) is 3.67. The quantitative estimate of drug-likeness (QED) is 0.808. The number of rotatable bonds is 7. The zero-order chi connectivity index (χ0) is 14.2. The van der Waals surface area contributed by atoms with E-state index in [-0.39, 0.29) is 0 Å². The number of aryl methyl sites for hydroxylation is 1. The predicted molar refractivity (Wildman–Crippen MR) is 86.0 cm³/mol. The van der Waals surface area contributed by atoms with E-state index in [0.29, 0.717) is 6.04 Å². The third-order valence-corrected chi connectivity index (χ3v) is 4.59. The van der Waals surface area contributed by atoms with Crippen LogP contribution in [0.1, 0.15) is 63.6 Å². The third-order valence-electron chi connectivity index (χ3n) is 4.59. The van der Waals surface area contributed by atoms with Crippen LogP contribution in [0.15, 0.2) is 18.3 Å². The summed E-state index contributed by atoms with van der Waals surface area (Å²) in [7, 11) is 0. The Morgan fingerprint density at radius 1 is 1.20 bits per heavy atom. The highest BCUT2D eigenvalue weighted by atomic mass is 14.9. The molecule has 1 aromatic heterocycles. The predicted octanol–water partition coefficient (Wildman–Crippen LogP) is 4.14. The Morgan fingerprint density at radius 3 is 2.60 bits per heavy atom. The third kappa shape index (κ3) is 4.90. The van der Waals surface area contributed by atoms with Crippen molar-refractivity contribution in [2.45, 2.75) is 71.3 Å². The molecule has 1 fully saturated rings. The Hall–Kier alpha value is -0.890. The zero-order valence-corrected chi connectivity index (χ0v) is 13.2. The summed E-state index contributed by atoms with van der Waals surface area (Å²) in [4.78, 5) is 4.62. The van der Waals surface area contributed by atoms with Gasteiger partial charge in [-0.15, -0.1) is 0 Å². The number of aromatic nitrogens is 1. The molecule has 1 atom stereocenters. The molecular formula is C18H30N2. The fourth-order valence-corrected chi connectivity index (χ4v) is 3.39. The number of likely N-dealkylation sites (N-methyl/N-ethyl adjacent to an activating group) is 1. The Morgan fingerprint density at radius 2 is 2.00 bits per heavy atom. The van der Waals surface area contributed by atoms with Crippen molar-refractivity contribution in [2.24, 2.45) is 5.92 Å². The first-order valence-electron chi connectivity index (χ1n) is 8.49. The lowest BCUT2D eigenvalue weighted by Gasteiger charge is -2.27. The molecule has 1 aliphatic rings. The van der Waals surface area contributed by atoms with Gasteiger partial charge in [-0.1, -0.05) is 52.0 Å². The first-order chi connectivity index (χ1) is 9.81. The molecule has 1 aliphatic carbocycles. The molecule has 1 saturated carbocycles. The molecule has 1 unspecified atom stereocenters. The van der Waals surface area contributed by atoms with Gasteiger partial charge in [-0.2, -0.15) is 0 Å². The van der Waals surface area contributed by atoms with Gasteiger partial charge in [-0.05, 0) is 36.9 Å². The molecule has 0 aromatic carbocycles. The van der Waals surface area contributed by atoms with Crippen molar-refractivity contribution >= 4 is 0 Å². The van der Waals surface area contributed by atoms with Crippen LogP contribution in [-0.4, -0.2) is 17.6 Å². The second-order valence-corrected chi connectivity index (χ2v) is 6.21. The highest BCUT2D eigenvalue weighted by Gasteiger charge is 2.19. The molecular weight excluding hydrogens is 244 g/mol. The van der Waals surface area contributed by atoms with E-state index in [1.807, 2.05) is 6.20 Å². The van der Waals surface area contributed by atoms with E-state index < -0.39 is 0 Å². The summed E-state index contributed by atoms with van der Waals surface area (Å²) < 4.78 is 0. The van der Waals surface area contributed by atoms with Crippen LogP contribution < -0.4 is 5.32 Å². The van der Waals surface area contributed by atoms with Crippen LogP contribution in [0.25, 0.3) is 0 Å². The van der Waals surface area contributed by atoms with Gasteiger partial charge >= 0.3 is 0 Å². The lowest BCUT2D eigenvalue weighted by Crippen LogP contribution is -2.33. The van der Waals surface area contributed by atoms with Crippen LogP contribution in [0.2, 0.25) is 0 Å². The first-order valence-corrected chi connectivity index (χ1v) is 8.49. The SMILES string of the molecule is CCNC(Cc1ccc(CC)cn1)CC1CCCCC1. The maximum absolute atomic E-state index is 4.62. The lowest BCUT2D eigenvalue weighted by molar-refractivity contribution is 0.297. The molecule has 112 valence electrons. The minimum absolute atomic E-state index is 0.600. The Bertz CT molecular complexity index is 366. The van der Waals surface area contributed by atoms with E-state index in [2.05, 4.69) is 36.3 Å². The fourth-order valence-electron chi connectivity index (χ4n) is 3.39. The summed E-state index contributed by atoms with van der Waals surface area (Å²) in [6.07, 6.45) is 12.7. The van der Waals surface area contributed by atoms with Crippen molar-refractivity contribution in [3.05, 3.63) is 29.6 Å². The highest BCUT2D eigenvalue weighted by molar-refractivity contribution is 5.14. The van der Waals surface area contributed by atoms with E-state index in [4.69, 9.17) is 0 Å². The van der Waals surface area contributed by atoms with Gasteiger partial charge in [0.2, 0.25) is 0 Å². The van der Waals surface area contributed by atoms with Crippen molar-refractivity contribution < 1.29 is 0 Å². The van der Waals surface area contributed by atoms with E-state index in [1.165, 1.54) is 49.8 Å². The standard InChI is InChI=1S/C18H30N2/c1-3-15-10-11-17(20-14-15)13-18(19-4-2)12-16-8-6-5-7-9-16/h10-11,14,16,18-19H,3-9,12-13H2,1-2H3. The van der Waals surface area contributed by atoms with Gasteiger partial charge in [0.25, 0.3) is 0 Å². The maximum Gasteiger partial charge on any atom is 0.0419 e. The zero-order valence-electron chi connectivity index (χ0n) is 13.2. The molecule has 1 heterocycles. The van der Waals surface area contributed by atoms with Crippen molar-refractivity contribution in [2.75, 3.05) is 6.54 Å². The topological polar surface area (TPSA) is 24.9 Å². The highest BCUT2D eigenvalue weighted by Crippen LogP contribution is 2.28. The summed E-state index contributed by atoms with van der Waals surface area (Å²) in [5.74, 6) is 0.933. The summed E-state index contributed by atoms with van der Waals surface area (Å²) in [6, 6.07) is 5.04. The van der Waals surface area contributed by atoms with Crippen LogP contribution in [-0.2, 0) is 12.8 Å². The van der Waals surface area contributed by atoms with Crippen LogP contribution in [0.4, 0.5) is 0 Å². The molecule has 0 bridgehead atoms. The number of pyridine rings is 1. The van der Waals surface area contributed by atoms with Crippen LogP contribution in [0, 0.1) is 5.92 Å². The monoisotopic (exact) mass is 274 g/mol. The normalized spacial score (nSPS) is 18.1. The Balaban J connectivity index is 1.89. The Kier molecular flexibility index (Phi) is 6.52. The second-order valence-electron chi connectivity index (χ2n) is 6.21. The molecule has 0 aliphatic heterocycles. The average Bonchev–Trinajstić information content (AvgIpc) is 2.49. The minimum Gasteiger partial charge on any atom is -0.314 e. The number of hydrogen-bond donors (Lipinski definition) is 1. The molecule has 0 spiro atoms. The second kappa shape index (κ2) is 8.41. The molecule has 0 amide bonds. The first kappa shape index (κ1) is 15.5.